The summed E-state index contributed by atoms with van der Waals surface area (Å²) in [6, 6.07) is 32.5. The van der Waals surface area contributed by atoms with Crippen LogP contribution in [0.5, 0.6) is 0 Å². The van der Waals surface area contributed by atoms with E-state index in [1.54, 1.807) is 0 Å². The molecule has 3 aromatic carbocycles. The van der Waals surface area contributed by atoms with Crippen molar-refractivity contribution in [3.8, 4) is 0 Å². The molecule has 0 radical (unpaired) electrons. The highest BCUT2D eigenvalue weighted by Gasteiger charge is 2.50. The minimum atomic E-state index is -0.169. The van der Waals surface area contributed by atoms with Crippen LogP contribution in [0.4, 0.5) is 0 Å². The normalized spacial score (nSPS) is 19.9. The molecule has 2 aliphatic carbocycles. The maximum atomic E-state index is 6.32. The van der Waals surface area contributed by atoms with Gasteiger partial charge >= 0.3 is 0 Å². The monoisotopic (exact) mass is 433 g/mol. The SMILES string of the molecule is CCOC1=C(c2ccccc2)[C@]2(CC(c3ccccc3)=C(N(C)C)C2)C(c2ccccc2)=C1. The predicted molar refractivity (Wildman–Crippen MR) is 138 cm³/mol. The number of allylic oxidation sites excluding steroid dienone is 5. The van der Waals surface area contributed by atoms with E-state index in [1.807, 2.05) is 0 Å². The van der Waals surface area contributed by atoms with Crippen molar-refractivity contribution in [2.45, 2.75) is 19.8 Å². The highest BCUT2D eigenvalue weighted by Crippen LogP contribution is 2.64. The van der Waals surface area contributed by atoms with E-state index in [-0.39, 0.29) is 5.41 Å². The summed E-state index contributed by atoms with van der Waals surface area (Å²) >= 11 is 0. The van der Waals surface area contributed by atoms with Gasteiger partial charge in [0.2, 0.25) is 0 Å². The number of ether oxygens (including phenoxy) is 1. The van der Waals surface area contributed by atoms with Gasteiger partial charge in [-0.05, 0) is 47.3 Å². The molecule has 0 aromatic heterocycles. The average molecular weight is 434 g/mol. The third-order valence-electron chi connectivity index (χ3n) is 6.92. The minimum absolute atomic E-state index is 0.169. The van der Waals surface area contributed by atoms with E-state index in [9.17, 15) is 0 Å². The Morgan fingerprint density at radius 1 is 0.727 bits per heavy atom. The van der Waals surface area contributed by atoms with E-state index in [1.165, 1.54) is 39.1 Å². The summed E-state index contributed by atoms with van der Waals surface area (Å²) in [7, 11) is 4.35. The predicted octanol–water partition coefficient (Wildman–Crippen LogP) is 7.28. The lowest BCUT2D eigenvalue weighted by Gasteiger charge is -2.33. The molecule has 1 spiro atoms. The van der Waals surface area contributed by atoms with Crippen LogP contribution in [-0.4, -0.2) is 25.6 Å². The molecule has 1 atom stereocenters. The highest BCUT2D eigenvalue weighted by molar-refractivity contribution is 5.98. The maximum Gasteiger partial charge on any atom is 0.124 e. The first-order valence-corrected chi connectivity index (χ1v) is 11.8. The first kappa shape index (κ1) is 21.3. The number of rotatable bonds is 6. The van der Waals surface area contributed by atoms with E-state index in [4.69, 9.17) is 4.74 Å². The molecule has 0 saturated heterocycles. The van der Waals surface area contributed by atoms with Crippen molar-refractivity contribution in [1.29, 1.82) is 0 Å². The van der Waals surface area contributed by atoms with E-state index >= 15 is 0 Å². The highest BCUT2D eigenvalue weighted by atomic mass is 16.5. The summed E-state index contributed by atoms with van der Waals surface area (Å²) in [5, 5.41) is 0. The second-order valence-electron chi connectivity index (χ2n) is 9.08. The van der Waals surface area contributed by atoms with E-state index in [0.29, 0.717) is 6.61 Å². The number of benzene rings is 3. The molecule has 0 amide bonds. The molecular weight excluding hydrogens is 402 g/mol. The molecule has 2 aliphatic rings. The van der Waals surface area contributed by atoms with Crippen LogP contribution in [0.25, 0.3) is 16.7 Å². The van der Waals surface area contributed by atoms with Crippen LogP contribution < -0.4 is 0 Å². The van der Waals surface area contributed by atoms with Gasteiger partial charge in [-0.2, -0.15) is 0 Å². The summed E-state index contributed by atoms with van der Waals surface area (Å²) in [6.45, 7) is 2.73. The molecule has 0 bridgehead atoms. The van der Waals surface area contributed by atoms with Crippen LogP contribution in [0, 0.1) is 5.41 Å². The molecule has 0 saturated carbocycles. The van der Waals surface area contributed by atoms with Gasteiger partial charge in [-0.1, -0.05) is 91.0 Å². The average Bonchev–Trinajstić information content (AvgIpc) is 3.40. The fourth-order valence-electron chi connectivity index (χ4n) is 5.54. The fourth-order valence-corrected chi connectivity index (χ4v) is 5.54. The lowest BCUT2D eigenvalue weighted by Crippen LogP contribution is -2.22. The quantitative estimate of drug-likeness (QED) is 0.405. The Balaban J connectivity index is 1.73. The lowest BCUT2D eigenvalue weighted by atomic mass is 9.69. The number of nitrogens with zero attached hydrogens (tertiary/aromatic N) is 1. The Hall–Kier alpha value is -3.52. The summed E-state index contributed by atoms with van der Waals surface area (Å²) in [4.78, 5) is 2.31. The largest absolute Gasteiger partial charge is 0.494 e. The van der Waals surface area contributed by atoms with Crippen molar-refractivity contribution in [1.82, 2.24) is 4.90 Å². The molecule has 0 fully saturated rings. The molecule has 3 aromatic rings. The second kappa shape index (κ2) is 8.78. The first-order valence-electron chi connectivity index (χ1n) is 11.8. The first-order chi connectivity index (χ1) is 16.1. The molecule has 2 heteroatoms. The zero-order chi connectivity index (χ0) is 22.8. The molecule has 33 heavy (non-hydrogen) atoms. The molecule has 0 heterocycles. The molecular formula is C31H31NO. The maximum absolute atomic E-state index is 6.32. The second-order valence-corrected chi connectivity index (χ2v) is 9.08. The Bertz CT molecular complexity index is 1220. The van der Waals surface area contributed by atoms with Crippen molar-refractivity contribution in [2.75, 3.05) is 20.7 Å². The zero-order valence-electron chi connectivity index (χ0n) is 19.7. The molecule has 2 nitrogen and oxygen atoms in total. The van der Waals surface area contributed by atoms with Gasteiger partial charge in [0.05, 0.1) is 6.61 Å². The third-order valence-corrected chi connectivity index (χ3v) is 6.92. The van der Waals surface area contributed by atoms with E-state index in [2.05, 4.69) is 123 Å². The van der Waals surface area contributed by atoms with Gasteiger partial charge in [-0.15, -0.1) is 0 Å². The number of hydrogen-bond acceptors (Lipinski definition) is 2. The molecule has 5 rings (SSSR count). The van der Waals surface area contributed by atoms with E-state index in [0.717, 1.165) is 18.6 Å². The number of hydrogen-bond donors (Lipinski definition) is 0. The van der Waals surface area contributed by atoms with Gasteiger partial charge in [0.1, 0.15) is 5.76 Å². The Morgan fingerprint density at radius 2 is 1.27 bits per heavy atom. The summed E-state index contributed by atoms with van der Waals surface area (Å²) in [6.07, 6.45) is 4.21. The van der Waals surface area contributed by atoms with Crippen molar-refractivity contribution in [2.24, 2.45) is 5.41 Å². The van der Waals surface area contributed by atoms with Gasteiger partial charge in [-0.3, -0.25) is 0 Å². The van der Waals surface area contributed by atoms with Crippen molar-refractivity contribution in [3.63, 3.8) is 0 Å². The van der Waals surface area contributed by atoms with Gasteiger partial charge in [0.15, 0.2) is 0 Å². The zero-order valence-corrected chi connectivity index (χ0v) is 19.7. The van der Waals surface area contributed by atoms with E-state index < -0.39 is 0 Å². The molecule has 0 unspecified atom stereocenters. The Morgan fingerprint density at radius 3 is 1.82 bits per heavy atom. The van der Waals surface area contributed by atoms with Gasteiger partial charge < -0.3 is 9.64 Å². The molecule has 166 valence electrons. The summed E-state index contributed by atoms with van der Waals surface area (Å²) < 4.78 is 6.32. The van der Waals surface area contributed by atoms with Crippen LogP contribution in [0.1, 0.15) is 36.5 Å². The van der Waals surface area contributed by atoms with Crippen LogP contribution in [0.15, 0.2) is 109 Å². The van der Waals surface area contributed by atoms with Crippen molar-refractivity contribution in [3.05, 3.63) is 125 Å². The van der Waals surface area contributed by atoms with Crippen molar-refractivity contribution >= 4 is 16.7 Å². The standard InChI is InChI=1S/C31H31NO/c1-4-33-29-20-27(24-16-10-6-11-17-24)31(30(29)25-18-12-7-13-19-25)21-26(28(22-31)32(2)3)23-14-8-5-9-15-23/h5-20H,4,21-22H2,1-3H3/t31-/m0/s1. The third kappa shape index (κ3) is 3.70. The van der Waals surface area contributed by atoms with Crippen LogP contribution in [0.2, 0.25) is 0 Å². The Kier molecular flexibility index (Phi) is 5.68. The summed E-state index contributed by atoms with van der Waals surface area (Å²) in [5.74, 6) is 1.01. The van der Waals surface area contributed by atoms with Gasteiger partial charge in [0, 0.05) is 37.2 Å². The van der Waals surface area contributed by atoms with Crippen LogP contribution in [-0.2, 0) is 4.74 Å². The van der Waals surface area contributed by atoms with Gasteiger partial charge in [-0.25, -0.2) is 0 Å². The van der Waals surface area contributed by atoms with Crippen molar-refractivity contribution < 1.29 is 4.74 Å². The fraction of sp³-hybridized carbons (Fsp3) is 0.226. The van der Waals surface area contributed by atoms with Gasteiger partial charge in [0.25, 0.3) is 0 Å². The van der Waals surface area contributed by atoms with Crippen LogP contribution in [0.3, 0.4) is 0 Å². The molecule has 0 N–H and O–H groups in total. The smallest absolute Gasteiger partial charge is 0.124 e. The minimum Gasteiger partial charge on any atom is -0.494 e. The van der Waals surface area contributed by atoms with Crippen LogP contribution >= 0.6 is 0 Å². The lowest BCUT2D eigenvalue weighted by molar-refractivity contribution is 0.243. The molecule has 0 aliphatic heterocycles. The summed E-state index contributed by atoms with van der Waals surface area (Å²) in [5.41, 5.74) is 9.15. The topological polar surface area (TPSA) is 12.5 Å². The Labute approximate surface area is 197 Å².